The van der Waals surface area contributed by atoms with Crippen LogP contribution in [0.2, 0.25) is 39.3 Å². The number of allylic oxidation sites excluding steroid dienone is 1. The molecule has 143 valence electrons. The smallest absolute Gasteiger partial charge is 0.0656 e. The lowest BCUT2D eigenvalue weighted by Crippen LogP contribution is -2.45. The first-order valence-corrected chi connectivity index (χ1v) is 17.4. The van der Waals surface area contributed by atoms with Crippen LogP contribution in [0.5, 0.6) is 0 Å². The molecule has 0 saturated carbocycles. The lowest BCUT2D eigenvalue weighted by Gasteiger charge is -2.25. The first-order valence-electron chi connectivity index (χ1n) is 10.4. The van der Waals surface area contributed by atoms with Crippen LogP contribution in [-0.4, -0.2) is 16.1 Å². The van der Waals surface area contributed by atoms with E-state index in [1.807, 2.05) is 0 Å². The maximum Gasteiger partial charge on any atom is 0.0776 e. The van der Waals surface area contributed by atoms with Gasteiger partial charge in [-0.3, -0.25) is 0 Å². The molecule has 0 fully saturated rings. The normalized spacial score (nSPS) is 14.3. The molecule has 0 aromatic heterocycles. The molecule has 0 unspecified atom stereocenters. The van der Waals surface area contributed by atoms with Crippen molar-refractivity contribution in [3.8, 4) is 11.1 Å². The summed E-state index contributed by atoms with van der Waals surface area (Å²) in [5.41, 5.74) is 8.63. The summed E-state index contributed by atoms with van der Waals surface area (Å²) in [4.78, 5) is 0. The van der Waals surface area contributed by atoms with Gasteiger partial charge in [-0.2, -0.15) is 0 Å². The Morgan fingerprint density at radius 3 is 1.93 bits per heavy atom. The summed E-state index contributed by atoms with van der Waals surface area (Å²) in [6.07, 6.45) is 7.05. The lowest BCUT2D eigenvalue weighted by molar-refractivity contribution is 0.923. The molecule has 0 atom stereocenters. The molecule has 3 rings (SSSR count). The van der Waals surface area contributed by atoms with Crippen molar-refractivity contribution in [1.29, 1.82) is 0 Å². The van der Waals surface area contributed by atoms with Crippen LogP contribution in [-0.2, 0) is 6.42 Å². The summed E-state index contributed by atoms with van der Waals surface area (Å²) in [6, 6.07) is 12.3. The fraction of sp³-hybridized carbons (Fsp3) is 0.400. The minimum absolute atomic E-state index is 1.15. The molecule has 1 radical (unpaired) electrons. The zero-order valence-corrected chi connectivity index (χ0v) is 20.5. The third-order valence-electron chi connectivity index (χ3n) is 5.59. The fourth-order valence-electron chi connectivity index (χ4n) is 3.93. The van der Waals surface area contributed by atoms with Crippen molar-refractivity contribution in [2.75, 3.05) is 0 Å². The quantitative estimate of drug-likeness (QED) is 0.520. The zero-order chi connectivity index (χ0) is 20.0. The molecule has 27 heavy (non-hydrogen) atoms. The number of benzene rings is 2. The van der Waals surface area contributed by atoms with Gasteiger partial charge >= 0.3 is 0 Å². The molecule has 1 aliphatic carbocycles. The van der Waals surface area contributed by atoms with E-state index in [1.54, 1.807) is 10.4 Å². The molecule has 0 amide bonds. The average molecular weight is 392 g/mol. The van der Waals surface area contributed by atoms with Crippen LogP contribution in [0.1, 0.15) is 37.0 Å². The van der Waals surface area contributed by atoms with E-state index in [9.17, 15) is 0 Å². The number of fused-ring (bicyclic) bond motifs is 1. The first kappa shape index (κ1) is 20.4. The van der Waals surface area contributed by atoms with Gasteiger partial charge in [-0.15, -0.1) is 0 Å². The third kappa shape index (κ3) is 4.22. The molecular weight excluding hydrogens is 356 g/mol. The zero-order valence-electron chi connectivity index (χ0n) is 18.5. The van der Waals surface area contributed by atoms with Crippen LogP contribution in [0, 0.1) is 6.42 Å². The van der Waals surface area contributed by atoms with E-state index in [0.717, 1.165) is 6.42 Å². The van der Waals surface area contributed by atoms with Crippen molar-refractivity contribution < 1.29 is 0 Å². The summed E-state index contributed by atoms with van der Waals surface area (Å²) < 4.78 is 0. The molecule has 0 bridgehead atoms. The standard InChI is InChI=1S/C25H35Si2/c1-9-10-19-11-12-20-13-18(2)14-24(20)25(19)21-15-22(26(3,4)5)17-23(16-21)27(6,7)8/h11-17H,9-10H2,1-8H3. The number of aryl methyl sites for hydroxylation is 1. The molecule has 1 aliphatic rings. The second kappa shape index (κ2) is 7.22. The summed E-state index contributed by atoms with van der Waals surface area (Å²) in [6.45, 7) is 19.3. The van der Waals surface area contributed by atoms with Crippen molar-refractivity contribution in [2.24, 2.45) is 0 Å². The predicted octanol–water partition coefficient (Wildman–Crippen LogP) is 6.37. The van der Waals surface area contributed by atoms with Crippen molar-refractivity contribution in [3.63, 3.8) is 0 Å². The Kier molecular flexibility index (Phi) is 5.44. The van der Waals surface area contributed by atoms with Crippen molar-refractivity contribution in [2.45, 2.75) is 66.0 Å². The average Bonchev–Trinajstić information content (AvgIpc) is 2.93. The monoisotopic (exact) mass is 391 g/mol. The van der Waals surface area contributed by atoms with E-state index >= 15 is 0 Å². The van der Waals surface area contributed by atoms with Gasteiger partial charge in [0.15, 0.2) is 0 Å². The number of hydrogen-bond acceptors (Lipinski definition) is 0. The first-order chi connectivity index (χ1) is 12.5. The number of rotatable bonds is 5. The van der Waals surface area contributed by atoms with Gasteiger partial charge in [0.25, 0.3) is 0 Å². The van der Waals surface area contributed by atoms with Gasteiger partial charge in [-0.25, -0.2) is 0 Å². The van der Waals surface area contributed by atoms with Crippen molar-refractivity contribution in [3.05, 3.63) is 59.0 Å². The van der Waals surface area contributed by atoms with Gasteiger partial charge in [-0.05, 0) is 41.2 Å². The molecule has 0 heterocycles. The predicted molar refractivity (Wildman–Crippen MR) is 129 cm³/mol. The molecule has 2 aromatic rings. The van der Waals surface area contributed by atoms with Gasteiger partial charge in [0, 0.05) is 6.42 Å². The topological polar surface area (TPSA) is 0 Å². The Morgan fingerprint density at radius 1 is 0.815 bits per heavy atom. The maximum absolute atomic E-state index is 2.54. The van der Waals surface area contributed by atoms with E-state index in [1.165, 1.54) is 39.8 Å². The molecule has 2 aromatic carbocycles. The molecule has 0 saturated heterocycles. The van der Waals surface area contributed by atoms with E-state index < -0.39 is 16.1 Å². The van der Waals surface area contributed by atoms with E-state index in [2.05, 4.69) is 96.0 Å². The minimum Gasteiger partial charge on any atom is -0.0656 e. The largest absolute Gasteiger partial charge is 0.0776 e. The highest BCUT2D eigenvalue weighted by Crippen LogP contribution is 2.38. The van der Waals surface area contributed by atoms with Gasteiger partial charge in [0.1, 0.15) is 0 Å². The van der Waals surface area contributed by atoms with Gasteiger partial charge in [0.05, 0.1) is 16.1 Å². The van der Waals surface area contributed by atoms with Gasteiger partial charge in [-0.1, -0.05) is 105 Å². The summed E-state index contributed by atoms with van der Waals surface area (Å²) in [7, 11) is -2.77. The van der Waals surface area contributed by atoms with Crippen LogP contribution < -0.4 is 10.4 Å². The van der Waals surface area contributed by atoms with Crippen molar-refractivity contribution >= 4 is 32.6 Å². The molecular formula is C25H35Si2. The highest BCUT2D eigenvalue weighted by atomic mass is 28.3. The molecule has 0 N–H and O–H groups in total. The molecule has 0 nitrogen and oxygen atoms in total. The maximum atomic E-state index is 2.54. The second-order valence-electron chi connectivity index (χ2n) is 10.2. The molecule has 0 aliphatic heterocycles. The summed E-state index contributed by atoms with van der Waals surface area (Å²) in [5, 5.41) is 3.19. The van der Waals surface area contributed by atoms with Crippen molar-refractivity contribution in [1.82, 2.24) is 0 Å². The van der Waals surface area contributed by atoms with Crippen LogP contribution in [0.4, 0.5) is 0 Å². The van der Waals surface area contributed by atoms with Crippen LogP contribution in [0.15, 0.2) is 35.9 Å². The molecule has 0 spiro atoms. The van der Waals surface area contributed by atoms with Gasteiger partial charge < -0.3 is 0 Å². The third-order valence-corrected chi connectivity index (χ3v) is 9.64. The second-order valence-corrected chi connectivity index (χ2v) is 20.3. The molecule has 2 heteroatoms. The van der Waals surface area contributed by atoms with E-state index in [4.69, 9.17) is 0 Å². The highest BCUT2D eigenvalue weighted by molar-refractivity contribution is 6.91. The van der Waals surface area contributed by atoms with Crippen LogP contribution in [0.25, 0.3) is 17.2 Å². The fourth-order valence-corrected chi connectivity index (χ4v) is 6.43. The highest BCUT2D eigenvalue weighted by Gasteiger charge is 2.25. The lowest BCUT2D eigenvalue weighted by atomic mass is 9.90. The SMILES string of the molecule is CCCc1ccc2c(c1-c1cc([Si](C)(C)C)cc([Si](C)(C)C)c1)C=C(C)[CH]2. The Balaban J connectivity index is 2.32. The van der Waals surface area contributed by atoms with E-state index in [-0.39, 0.29) is 0 Å². The van der Waals surface area contributed by atoms with Crippen LogP contribution >= 0.6 is 0 Å². The Bertz CT molecular complexity index is 858. The Morgan fingerprint density at radius 2 is 1.41 bits per heavy atom. The summed E-state index contributed by atoms with van der Waals surface area (Å²) >= 11 is 0. The Labute approximate surface area is 168 Å². The van der Waals surface area contributed by atoms with E-state index in [0.29, 0.717) is 0 Å². The summed E-state index contributed by atoms with van der Waals surface area (Å²) in [5.74, 6) is 0. The Hall–Kier alpha value is -1.39. The minimum atomic E-state index is -1.38. The number of hydrogen-bond donors (Lipinski definition) is 0. The van der Waals surface area contributed by atoms with Crippen LogP contribution in [0.3, 0.4) is 0 Å². The van der Waals surface area contributed by atoms with Gasteiger partial charge in [0.2, 0.25) is 0 Å².